The number of hydrogen-bond acceptors (Lipinski definition) is 4. The first-order chi connectivity index (χ1) is 8.78. The molecule has 2 aromatic heterocycles. The summed E-state index contributed by atoms with van der Waals surface area (Å²) in [5.41, 5.74) is 2.10. The molecule has 2 atom stereocenters. The minimum atomic E-state index is 0.512. The van der Waals surface area contributed by atoms with Crippen LogP contribution in [-0.2, 0) is 0 Å². The molecule has 1 N–H and O–H groups in total. The van der Waals surface area contributed by atoms with Crippen molar-refractivity contribution in [3.05, 3.63) is 23.9 Å². The molecule has 2 heterocycles. The van der Waals surface area contributed by atoms with Crippen LogP contribution in [0, 0.1) is 6.92 Å². The minimum Gasteiger partial charge on any atom is -0.349 e. The highest BCUT2D eigenvalue weighted by Crippen LogP contribution is 2.30. The quantitative estimate of drug-likeness (QED) is 0.923. The molecule has 0 aromatic carbocycles. The fraction of sp³-hybridized carbons (Fsp3) is 0.538. The van der Waals surface area contributed by atoms with E-state index in [1.165, 1.54) is 19.3 Å². The zero-order valence-corrected chi connectivity index (χ0v) is 11.6. The van der Waals surface area contributed by atoms with E-state index in [0.29, 0.717) is 11.3 Å². The maximum Gasteiger partial charge on any atom is 0.243 e. The number of hydrogen-bond donors (Lipinski definition) is 1. The van der Waals surface area contributed by atoms with Gasteiger partial charge in [0.15, 0.2) is 5.65 Å². The normalized spacial score (nSPS) is 23.7. The van der Waals surface area contributed by atoms with Crippen LogP contribution >= 0.6 is 11.8 Å². The monoisotopic (exact) mass is 262 g/mol. The van der Waals surface area contributed by atoms with Gasteiger partial charge < -0.3 is 5.32 Å². The summed E-state index contributed by atoms with van der Waals surface area (Å²) in [7, 11) is 0. The summed E-state index contributed by atoms with van der Waals surface area (Å²) in [6, 6.07) is 4.58. The van der Waals surface area contributed by atoms with E-state index in [4.69, 9.17) is 0 Å². The fourth-order valence-electron chi connectivity index (χ4n) is 2.64. The van der Waals surface area contributed by atoms with Gasteiger partial charge in [-0.1, -0.05) is 12.5 Å². The van der Waals surface area contributed by atoms with Crippen LogP contribution < -0.4 is 5.32 Å². The average molecular weight is 262 g/mol. The molecule has 4 nitrogen and oxygen atoms in total. The lowest BCUT2D eigenvalue weighted by Crippen LogP contribution is -2.26. The van der Waals surface area contributed by atoms with Crippen LogP contribution in [0.1, 0.15) is 24.8 Å². The Hall–Kier alpha value is -1.23. The first kappa shape index (κ1) is 11.8. The Balaban J connectivity index is 1.84. The fourth-order valence-corrected chi connectivity index (χ4v) is 3.57. The van der Waals surface area contributed by atoms with Gasteiger partial charge in [-0.05, 0) is 37.7 Å². The molecule has 5 heteroatoms. The van der Waals surface area contributed by atoms with Crippen LogP contribution in [0.3, 0.4) is 0 Å². The average Bonchev–Trinajstić information content (AvgIpc) is 2.96. The van der Waals surface area contributed by atoms with Crippen LogP contribution in [0.4, 0.5) is 5.95 Å². The Morgan fingerprint density at radius 3 is 3.11 bits per heavy atom. The molecule has 1 aliphatic carbocycles. The largest absolute Gasteiger partial charge is 0.349 e. The van der Waals surface area contributed by atoms with Crippen molar-refractivity contribution >= 4 is 23.4 Å². The molecule has 0 amide bonds. The van der Waals surface area contributed by atoms with E-state index in [1.54, 1.807) is 0 Å². The predicted octanol–water partition coefficient (Wildman–Crippen LogP) is 2.73. The predicted molar refractivity (Wildman–Crippen MR) is 76.3 cm³/mol. The van der Waals surface area contributed by atoms with Gasteiger partial charge in [-0.3, -0.25) is 0 Å². The van der Waals surface area contributed by atoms with E-state index in [0.717, 1.165) is 17.2 Å². The van der Waals surface area contributed by atoms with Gasteiger partial charge in [0.05, 0.1) is 0 Å². The summed E-state index contributed by atoms with van der Waals surface area (Å²) in [5.74, 6) is 0.759. The molecule has 0 radical (unpaired) electrons. The molecule has 96 valence electrons. The number of rotatable bonds is 3. The molecule has 1 saturated carbocycles. The molecule has 3 rings (SSSR count). The van der Waals surface area contributed by atoms with Gasteiger partial charge in [-0.2, -0.15) is 16.7 Å². The van der Waals surface area contributed by atoms with Gasteiger partial charge in [0.25, 0.3) is 0 Å². The van der Waals surface area contributed by atoms with Crippen LogP contribution in [0.15, 0.2) is 18.3 Å². The molecule has 1 aliphatic rings. The minimum absolute atomic E-state index is 0.512. The van der Waals surface area contributed by atoms with Crippen LogP contribution in [0.2, 0.25) is 0 Å². The lowest BCUT2D eigenvalue weighted by Gasteiger charge is -2.17. The van der Waals surface area contributed by atoms with Crippen molar-refractivity contribution in [3.63, 3.8) is 0 Å². The third-order valence-corrected chi connectivity index (χ3v) is 4.80. The molecule has 2 unspecified atom stereocenters. The van der Waals surface area contributed by atoms with Crippen LogP contribution in [-0.4, -0.2) is 32.1 Å². The van der Waals surface area contributed by atoms with E-state index in [2.05, 4.69) is 34.6 Å². The number of fused-ring (bicyclic) bond motifs is 1. The van der Waals surface area contributed by atoms with Crippen molar-refractivity contribution in [1.82, 2.24) is 14.6 Å². The Morgan fingerprint density at radius 1 is 1.44 bits per heavy atom. The second-order valence-electron chi connectivity index (χ2n) is 4.85. The number of aromatic nitrogens is 3. The zero-order chi connectivity index (χ0) is 12.5. The van der Waals surface area contributed by atoms with Crippen LogP contribution in [0.5, 0.6) is 0 Å². The number of nitrogens with zero attached hydrogens (tertiary/aromatic N) is 3. The molecule has 0 bridgehead atoms. The first-order valence-electron chi connectivity index (χ1n) is 6.39. The molecule has 1 fully saturated rings. The molecule has 0 aliphatic heterocycles. The van der Waals surface area contributed by atoms with Gasteiger partial charge in [0.2, 0.25) is 5.95 Å². The maximum atomic E-state index is 4.58. The standard InChI is InChI=1S/C13H18N4S/c1-9-5-4-8-17-12(9)15-13(16-17)14-10-6-3-7-11(10)18-2/h4-5,8,10-11H,3,6-7H2,1-2H3,(H,14,16). The van der Waals surface area contributed by atoms with Gasteiger partial charge >= 0.3 is 0 Å². The van der Waals surface area contributed by atoms with E-state index < -0.39 is 0 Å². The maximum absolute atomic E-state index is 4.58. The van der Waals surface area contributed by atoms with Crippen molar-refractivity contribution in [2.75, 3.05) is 11.6 Å². The zero-order valence-electron chi connectivity index (χ0n) is 10.8. The van der Waals surface area contributed by atoms with E-state index in [9.17, 15) is 0 Å². The van der Waals surface area contributed by atoms with E-state index >= 15 is 0 Å². The van der Waals surface area contributed by atoms with Gasteiger partial charge in [-0.15, -0.1) is 5.10 Å². The van der Waals surface area contributed by atoms with Crippen molar-refractivity contribution in [3.8, 4) is 0 Å². The summed E-state index contributed by atoms with van der Waals surface area (Å²) in [6.07, 6.45) is 7.95. The topological polar surface area (TPSA) is 42.2 Å². The summed E-state index contributed by atoms with van der Waals surface area (Å²) in [5, 5.41) is 8.68. The van der Waals surface area contributed by atoms with Crippen molar-refractivity contribution in [2.45, 2.75) is 37.5 Å². The molecule has 2 aromatic rings. The third-order valence-electron chi connectivity index (χ3n) is 3.63. The second kappa shape index (κ2) is 4.80. The first-order valence-corrected chi connectivity index (χ1v) is 7.68. The molecule has 18 heavy (non-hydrogen) atoms. The third kappa shape index (κ3) is 2.07. The van der Waals surface area contributed by atoms with Gasteiger partial charge in [-0.25, -0.2) is 4.52 Å². The summed E-state index contributed by atoms with van der Waals surface area (Å²) < 4.78 is 1.85. The summed E-state index contributed by atoms with van der Waals surface area (Å²) >= 11 is 1.94. The number of aryl methyl sites for hydroxylation is 1. The van der Waals surface area contributed by atoms with Crippen molar-refractivity contribution in [2.24, 2.45) is 0 Å². The Morgan fingerprint density at radius 2 is 2.33 bits per heavy atom. The smallest absolute Gasteiger partial charge is 0.243 e. The Kier molecular flexibility index (Phi) is 3.16. The molecule has 0 saturated heterocycles. The number of anilines is 1. The lowest BCUT2D eigenvalue weighted by molar-refractivity contribution is 0.755. The number of pyridine rings is 1. The lowest BCUT2D eigenvalue weighted by atomic mass is 10.2. The van der Waals surface area contributed by atoms with Crippen molar-refractivity contribution in [1.29, 1.82) is 0 Å². The number of thioether (sulfide) groups is 1. The van der Waals surface area contributed by atoms with Gasteiger partial charge in [0, 0.05) is 17.5 Å². The summed E-state index contributed by atoms with van der Waals surface area (Å²) in [6.45, 7) is 2.06. The SMILES string of the molecule is CSC1CCCC1Nc1nc2c(C)cccn2n1. The second-order valence-corrected chi connectivity index (χ2v) is 5.93. The molecular weight excluding hydrogens is 244 g/mol. The Bertz CT molecular complexity index is 551. The summed E-state index contributed by atoms with van der Waals surface area (Å²) in [4.78, 5) is 4.58. The highest BCUT2D eigenvalue weighted by Gasteiger charge is 2.27. The van der Waals surface area contributed by atoms with Crippen molar-refractivity contribution < 1.29 is 0 Å². The van der Waals surface area contributed by atoms with Gasteiger partial charge in [0.1, 0.15) is 0 Å². The highest BCUT2D eigenvalue weighted by molar-refractivity contribution is 7.99. The highest BCUT2D eigenvalue weighted by atomic mass is 32.2. The molecular formula is C13H18N4S. The number of nitrogens with one attached hydrogen (secondary N) is 1. The van der Waals surface area contributed by atoms with E-state index in [-0.39, 0.29) is 0 Å². The van der Waals surface area contributed by atoms with E-state index in [1.807, 2.05) is 28.5 Å². The Labute approximate surface area is 111 Å². The molecule has 0 spiro atoms. The van der Waals surface area contributed by atoms with Crippen LogP contribution in [0.25, 0.3) is 5.65 Å².